The van der Waals surface area contributed by atoms with E-state index in [1.54, 1.807) is 21.3 Å². The lowest BCUT2D eigenvalue weighted by Gasteiger charge is -2.23. The van der Waals surface area contributed by atoms with E-state index in [1.807, 2.05) is 18.2 Å². The highest BCUT2D eigenvalue weighted by molar-refractivity contribution is 6.33. The number of allylic oxidation sites excluding steroid dienone is 1. The highest BCUT2D eigenvalue weighted by Gasteiger charge is 2.31. The lowest BCUT2D eigenvalue weighted by atomic mass is 9.87. The van der Waals surface area contributed by atoms with Crippen molar-refractivity contribution < 1.29 is 18.8 Å². The minimum absolute atomic E-state index is 0.731. The molecule has 0 spiro atoms. The zero-order chi connectivity index (χ0) is 25.6. The first kappa shape index (κ1) is 24.4. The molecule has 1 aliphatic rings. The molecule has 4 heteroatoms. The predicted molar refractivity (Wildman–Crippen MR) is 150 cm³/mol. The fourth-order valence-electron chi connectivity index (χ4n) is 4.94. The van der Waals surface area contributed by atoms with Gasteiger partial charge in [-0.05, 0) is 47.0 Å². The fraction of sp³-hybridized carbons (Fsp3) is 0.182. The molecule has 0 aromatic heterocycles. The van der Waals surface area contributed by atoms with Crippen molar-refractivity contribution in [3.8, 4) is 17.2 Å². The second kappa shape index (κ2) is 11.2. The number of methoxy groups -OCH3 is 3. The van der Waals surface area contributed by atoms with Crippen LogP contribution >= 0.6 is 0 Å². The van der Waals surface area contributed by atoms with Crippen LogP contribution in [0.4, 0.5) is 0 Å². The Hall–Kier alpha value is -4.31. The Balaban J connectivity index is 1.77. The first-order valence-electron chi connectivity index (χ1n) is 12.5. The normalized spacial score (nSPS) is 13.2. The molecule has 5 rings (SSSR count). The molecule has 0 N–H and O–H groups in total. The molecule has 1 heterocycles. The first-order valence-corrected chi connectivity index (χ1v) is 12.5. The summed E-state index contributed by atoms with van der Waals surface area (Å²) in [5, 5.41) is 0. The number of ether oxygens (including phenoxy) is 3. The summed E-state index contributed by atoms with van der Waals surface area (Å²) in [4.78, 5) is 0. The van der Waals surface area contributed by atoms with Gasteiger partial charge in [0.15, 0.2) is 18.0 Å². The van der Waals surface area contributed by atoms with E-state index in [0.29, 0.717) is 0 Å². The second-order valence-corrected chi connectivity index (χ2v) is 9.07. The van der Waals surface area contributed by atoms with Crippen LogP contribution in [0.15, 0.2) is 97.1 Å². The smallest absolute Gasteiger partial charge is 0.215 e. The average molecular weight is 491 g/mol. The third-order valence-corrected chi connectivity index (χ3v) is 6.81. The highest BCUT2D eigenvalue weighted by Crippen LogP contribution is 2.36. The summed E-state index contributed by atoms with van der Waals surface area (Å²) in [5.74, 6) is 2.33. The molecule has 0 bridgehead atoms. The van der Waals surface area contributed by atoms with E-state index in [9.17, 15) is 0 Å². The summed E-state index contributed by atoms with van der Waals surface area (Å²) < 4.78 is 19.3. The predicted octanol–water partition coefficient (Wildman–Crippen LogP) is 6.51. The van der Waals surface area contributed by atoms with E-state index in [-0.39, 0.29) is 0 Å². The second-order valence-electron chi connectivity index (χ2n) is 9.07. The molecule has 0 atom stereocenters. The van der Waals surface area contributed by atoms with E-state index < -0.39 is 0 Å². The van der Waals surface area contributed by atoms with Crippen LogP contribution in [0.5, 0.6) is 17.2 Å². The van der Waals surface area contributed by atoms with Gasteiger partial charge in [-0.2, -0.15) is 0 Å². The van der Waals surface area contributed by atoms with Crippen LogP contribution in [0.25, 0.3) is 11.6 Å². The van der Waals surface area contributed by atoms with Gasteiger partial charge in [0, 0.05) is 12.0 Å². The maximum atomic E-state index is 5.75. The lowest BCUT2D eigenvalue weighted by molar-refractivity contribution is -0.543. The Morgan fingerprint density at radius 1 is 0.757 bits per heavy atom. The van der Waals surface area contributed by atoms with Crippen LogP contribution in [-0.2, 0) is 13.0 Å². The Kier molecular flexibility index (Phi) is 7.36. The highest BCUT2D eigenvalue weighted by atomic mass is 16.5. The number of hydrogen-bond donors (Lipinski definition) is 0. The molecule has 0 radical (unpaired) electrons. The molecule has 0 saturated heterocycles. The van der Waals surface area contributed by atoms with Crippen LogP contribution in [0, 0.1) is 0 Å². The third-order valence-electron chi connectivity index (χ3n) is 6.81. The molecule has 1 aliphatic heterocycles. The first-order chi connectivity index (χ1) is 18.2. The van der Waals surface area contributed by atoms with Gasteiger partial charge in [-0.25, -0.2) is 4.58 Å². The Morgan fingerprint density at radius 3 is 2.05 bits per heavy atom. The van der Waals surface area contributed by atoms with Crippen LogP contribution in [0.1, 0.15) is 27.8 Å². The summed E-state index contributed by atoms with van der Waals surface area (Å²) >= 11 is 0. The van der Waals surface area contributed by atoms with Gasteiger partial charge in [-0.1, -0.05) is 72.8 Å². The molecule has 4 aromatic carbocycles. The van der Waals surface area contributed by atoms with Crippen molar-refractivity contribution in [2.24, 2.45) is 0 Å². The lowest BCUT2D eigenvalue weighted by Crippen LogP contribution is -2.31. The largest absolute Gasteiger partial charge is 0.497 e. The molecule has 4 aromatic rings. The molecule has 186 valence electrons. The van der Waals surface area contributed by atoms with Gasteiger partial charge in [-0.3, -0.25) is 0 Å². The number of hydrogen-bond acceptors (Lipinski definition) is 3. The summed E-state index contributed by atoms with van der Waals surface area (Å²) in [6.45, 7) is 1.71. The standard InChI is InChI=1S/C33H32NO3/c1-35-28-16-14-26(15-17-28)29(20-24-10-6-4-7-11-24)33-30-22-32(37-3)31(36-2)21-27(30)18-19-34(33)23-25-12-8-5-9-13-25/h4-17,20-22H,18-19,23H2,1-3H3/q+1/b29-20+. The van der Waals surface area contributed by atoms with Crippen molar-refractivity contribution in [3.05, 3.63) is 125 Å². The van der Waals surface area contributed by atoms with Crippen LogP contribution in [0.3, 0.4) is 0 Å². The molecular formula is C33H32NO3+. The Bertz CT molecular complexity index is 1420. The van der Waals surface area contributed by atoms with Crippen molar-refractivity contribution >= 4 is 17.4 Å². The SMILES string of the molecule is COc1ccc(/C(=C\c2ccccc2)C2=[N+](Cc3ccccc3)CCc3cc(OC)c(OC)cc32)cc1. The van der Waals surface area contributed by atoms with Gasteiger partial charge in [0.25, 0.3) is 0 Å². The van der Waals surface area contributed by atoms with Crippen LogP contribution in [-0.4, -0.2) is 38.2 Å². The van der Waals surface area contributed by atoms with E-state index in [4.69, 9.17) is 14.2 Å². The van der Waals surface area contributed by atoms with Gasteiger partial charge >= 0.3 is 0 Å². The van der Waals surface area contributed by atoms with Gasteiger partial charge in [-0.15, -0.1) is 0 Å². The fourth-order valence-corrected chi connectivity index (χ4v) is 4.94. The molecule has 4 nitrogen and oxygen atoms in total. The Labute approximate surface area is 219 Å². The molecule has 0 aliphatic carbocycles. The van der Waals surface area contributed by atoms with Crippen LogP contribution in [0.2, 0.25) is 0 Å². The van der Waals surface area contributed by atoms with E-state index in [2.05, 4.69) is 89.5 Å². The third kappa shape index (κ3) is 5.29. The van der Waals surface area contributed by atoms with Crippen molar-refractivity contribution in [2.75, 3.05) is 27.9 Å². The molecule has 0 saturated carbocycles. The summed E-state index contributed by atoms with van der Waals surface area (Å²) in [6.07, 6.45) is 3.20. The number of rotatable bonds is 8. The van der Waals surface area contributed by atoms with Crippen molar-refractivity contribution in [1.29, 1.82) is 0 Å². The van der Waals surface area contributed by atoms with Gasteiger partial charge in [0.1, 0.15) is 12.3 Å². The zero-order valence-electron chi connectivity index (χ0n) is 21.6. The molecule has 0 amide bonds. The van der Waals surface area contributed by atoms with Gasteiger partial charge in [0.2, 0.25) is 5.71 Å². The maximum Gasteiger partial charge on any atom is 0.215 e. The topological polar surface area (TPSA) is 30.7 Å². The van der Waals surface area contributed by atoms with Gasteiger partial charge in [0.05, 0.1) is 32.5 Å². The number of nitrogens with zero attached hydrogens (tertiary/aromatic N) is 1. The minimum Gasteiger partial charge on any atom is -0.497 e. The summed E-state index contributed by atoms with van der Waals surface area (Å²) in [6, 6.07) is 33.7. The summed E-state index contributed by atoms with van der Waals surface area (Å²) in [7, 11) is 5.08. The van der Waals surface area contributed by atoms with Crippen molar-refractivity contribution in [3.63, 3.8) is 0 Å². The van der Waals surface area contributed by atoms with Crippen LogP contribution < -0.4 is 14.2 Å². The quantitative estimate of drug-likeness (QED) is 0.208. The zero-order valence-corrected chi connectivity index (χ0v) is 21.6. The van der Waals surface area contributed by atoms with E-state index in [1.165, 1.54) is 16.8 Å². The minimum atomic E-state index is 0.731. The number of fused-ring (bicyclic) bond motifs is 1. The van der Waals surface area contributed by atoms with E-state index in [0.717, 1.165) is 59.0 Å². The maximum absolute atomic E-state index is 5.75. The van der Waals surface area contributed by atoms with Crippen molar-refractivity contribution in [1.82, 2.24) is 0 Å². The Morgan fingerprint density at radius 2 is 1.41 bits per heavy atom. The van der Waals surface area contributed by atoms with E-state index >= 15 is 0 Å². The summed E-state index contributed by atoms with van der Waals surface area (Å²) in [5.41, 5.74) is 8.30. The monoisotopic (exact) mass is 490 g/mol. The molecule has 37 heavy (non-hydrogen) atoms. The molecule has 0 unspecified atom stereocenters. The molecule has 0 fully saturated rings. The van der Waals surface area contributed by atoms with Gasteiger partial charge < -0.3 is 14.2 Å². The average Bonchev–Trinajstić information content (AvgIpc) is 2.96. The van der Waals surface area contributed by atoms with Crippen molar-refractivity contribution in [2.45, 2.75) is 13.0 Å². The molecular weight excluding hydrogens is 458 g/mol. The number of benzene rings is 4.